The maximum absolute atomic E-state index is 12.9. The molecule has 2 fully saturated rings. The highest BCUT2D eigenvalue weighted by molar-refractivity contribution is 5.96. The van der Waals surface area contributed by atoms with Crippen molar-refractivity contribution in [1.82, 2.24) is 9.80 Å². The lowest BCUT2D eigenvalue weighted by Gasteiger charge is -2.35. The van der Waals surface area contributed by atoms with Crippen molar-refractivity contribution < 1.29 is 14.5 Å². The van der Waals surface area contributed by atoms with Gasteiger partial charge in [-0.3, -0.25) is 19.7 Å². The van der Waals surface area contributed by atoms with E-state index >= 15 is 0 Å². The first-order chi connectivity index (χ1) is 13.3. The fourth-order valence-corrected chi connectivity index (χ4v) is 4.09. The molecule has 0 saturated carbocycles. The number of anilines is 1. The minimum atomic E-state index is -0.445. The van der Waals surface area contributed by atoms with Crippen molar-refractivity contribution in [1.29, 1.82) is 0 Å². The molecule has 9 nitrogen and oxygen atoms in total. The number of rotatable bonds is 4. The van der Waals surface area contributed by atoms with Gasteiger partial charge in [-0.1, -0.05) is 0 Å². The molecule has 2 unspecified atom stereocenters. The number of nitro groups is 1. The molecule has 0 spiro atoms. The first-order valence-corrected chi connectivity index (χ1v) is 9.61. The van der Waals surface area contributed by atoms with Crippen molar-refractivity contribution >= 4 is 23.2 Å². The molecular formula is C19H27N5O4. The van der Waals surface area contributed by atoms with Gasteiger partial charge in [0, 0.05) is 57.3 Å². The zero-order chi connectivity index (χ0) is 20.4. The van der Waals surface area contributed by atoms with E-state index < -0.39 is 4.92 Å². The fourth-order valence-electron chi connectivity index (χ4n) is 4.09. The average molecular weight is 389 g/mol. The molecule has 28 heavy (non-hydrogen) atoms. The zero-order valence-electron chi connectivity index (χ0n) is 16.3. The SMILES string of the molecule is CC(=O)N1CCN(c2ccc(C(=O)N3CC(CN)CC3C)cc2[N+](=O)[O-])CC1. The lowest BCUT2D eigenvalue weighted by molar-refractivity contribution is -0.384. The largest absolute Gasteiger partial charge is 0.362 e. The molecule has 2 heterocycles. The highest BCUT2D eigenvalue weighted by Gasteiger charge is 2.33. The van der Waals surface area contributed by atoms with Crippen LogP contribution in [0.3, 0.4) is 0 Å². The third-order valence-corrected chi connectivity index (χ3v) is 5.74. The minimum absolute atomic E-state index is 0.00520. The first-order valence-electron chi connectivity index (χ1n) is 9.61. The Balaban J connectivity index is 1.81. The Labute approximate surface area is 164 Å². The van der Waals surface area contributed by atoms with Gasteiger partial charge < -0.3 is 20.4 Å². The van der Waals surface area contributed by atoms with E-state index in [0.29, 0.717) is 50.5 Å². The summed E-state index contributed by atoms with van der Waals surface area (Å²) >= 11 is 0. The molecule has 9 heteroatoms. The van der Waals surface area contributed by atoms with Gasteiger partial charge in [-0.25, -0.2) is 0 Å². The fraction of sp³-hybridized carbons (Fsp3) is 0.579. The Kier molecular flexibility index (Phi) is 5.83. The summed E-state index contributed by atoms with van der Waals surface area (Å²) in [6, 6.07) is 4.75. The van der Waals surface area contributed by atoms with E-state index in [2.05, 4.69) is 0 Å². The molecule has 152 valence electrons. The van der Waals surface area contributed by atoms with E-state index in [9.17, 15) is 19.7 Å². The number of nitro benzene ring substituents is 1. The summed E-state index contributed by atoms with van der Waals surface area (Å²) in [5.74, 6) is 0.0795. The van der Waals surface area contributed by atoms with Gasteiger partial charge in [-0.2, -0.15) is 0 Å². The number of carbonyl (C=O) groups is 2. The number of hydrogen-bond donors (Lipinski definition) is 1. The summed E-state index contributed by atoms with van der Waals surface area (Å²) < 4.78 is 0. The smallest absolute Gasteiger partial charge is 0.293 e. The number of carbonyl (C=O) groups excluding carboxylic acids is 2. The number of piperazine rings is 1. The van der Waals surface area contributed by atoms with Gasteiger partial charge in [0.1, 0.15) is 5.69 Å². The molecule has 2 aliphatic rings. The zero-order valence-corrected chi connectivity index (χ0v) is 16.3. The van der Waals surface area contributed by atoms with Crippen molar-refractivity contribution in [3.05, 3.63) is 33.9 Å². The second-order valence-corrected chi connectivity index (χ2v) is 7.60. The Morgan fingerprint density at radius 2 is 1.93 bits per heavy atom. The Morgan fingerprint density at radius 3 is 2.46 bits per heavy atom. The molecule has 0 aliphatic carbocycles. The van der Waals surface area contributed by atoms with Crippen LogP contribution in [0.4, 0.5) is 11.4 Å². The lowest BCUT2D eigenvalue weighted by Crippen LogP contribution is -2.48. The van der Waals surface area contributed by atoms with E-state index in [1.807, 2.05) is 11.8 Å². The van der Waals surface area contributed by atoms with Crippen molar-refractivity contribution in [2.75, 3.05) is 44.2 Å². The van der Waals surface area contributed by atoms with Crippen LogP contribution >= 0.6 is 0 Å². The molecule has 2 aliphatic heterocycles. The van der Waals surface area contributed by atoms with Gasteiger partial charge in [0.05, 0.1) is 4.92 Å². The van der Waals surface area contributed by atoms with E-state index in [4.69, 9.17) is 5.73 Å². The highest BCUT2D eigenvalue weighted by Crippen LogP contribution is 2.32. The van der Waals surface area contributed by atoms with Crippen LogP contribution in [-0.2, 0) is 4.79 Å². The van der Waals surface area contributed by atoms with Crippen LogP contribution in [0.25, 0.3) is 0 Å². The van der Waals surface area contributed by atoms with E-state index in [1.54, 1.807) is 21.9 Å². The number of likely N-dealkylation sites (tertiary alicyclic amines) is 1. The van der Waals surface area contributed by atoms with Gasteiger partial charge >= 0.3 is 0 Å². The predicted molar refractivity (Wildman–Crippen MR) is 105 cm³/mol. The van der Waals surface area contributed by atoms with E-state index in [0.717, 1.165) is 6.42 Å². The number of nitrogens with two attached hydrogens (primary N) is 1. The van der Waals surface area contributed by atoms with Gasteiger partial charge in [-0.05, 0) is 37.9 Å². The van der Waals surface area contributed by atoms with Crippen LogP contribution in [0.2, 0.25) is 0 Å². The van der Waals surface area contributed by atoms with Crippen molar-refractivity contribution in [3.8, 4) is 0 Å². The summed E-state index contributed by atoms with van der Waals surface area (Å²) in [5, 5.41) is 11.7. The maximum Gasteiger partial charge on any atom is 0.293 e. The van der Waals surface area contributed by atoms with Crippen molar-refractivity contribution in [3.63, 3.8) is 0 Å². The molecule has 1 aromatic rings. The predicted octanol–water partition coefficient (Wildman–Crippen LogP) is 1.07. The molecule has 0 bridgehead atoms. The molecule has 1 aromatic carbocycles. The summed E-state index contributed by atoms with van der Waals surface area (Å²) in [6.07, 6.45) is 0.850. The minimum Gasteiger partial charge on any atom is -0.362 e. The van der Waals surface area contributed by atoms with Gasteiger partial charge in [-0.15, -0.1) is 0 Å². The molecule has 0 radical (unpaired) electrons. The quantitative estimate of drug-likeness (QED) is 0.609. The Hall–Kier alpha value is -2.68. The number of benzene rings is 1. The highest BCUT2D eigenvalue weighted by atomic mass is 16.6. The molecule has 0 aromatic heterocycles. The van der Waals surface area contributed by atoms with Crippen LogP contribution < -0.4 is 10.6 Å². The first kappa shape index (κ1) is 20.1. The topological polar surface area (TPSA) is 113 Å². The molecule has 2 atom stereocenters. The third-order valence-electron chi connectivity index (χ3n) is 5.74. The van der Waals surface area contributed by atoms with Crippen molar-refractivity contribution in [2.24, 2.45) is 11.7 Å². The molecular weight excluding hydrogens is 362 g/mol. The van der Waals surface area contributed by atoms with E-state index in [-0.39, 0.29) is 29.5 Å². The monoisotopic (exact) mass is 389 g/mol. The normalized spacial score (nSPS) is 22.5. The van der Waals surface area contributed by atoms with Crippen LogP contribution in [0, 0.1) is 16.0 Å². The van der Waals surface area contributed by atoms with Crippen LogP contribution in [-0.4, -0.2) is 71.8 Å². The van der Waals surface area contributed by atoms with Gasteiger partial charge in [0.15, 0.2) is 0 Å². The number of nitrogens with zero attached hydrogens (tertiary/aromatic N) is 4. The molecule has 3 rings (SSSR count). The Morgan fingerprint density at radius 1 is 1.25 bits per heavy atom. The van der Waals surface area contributed by atoms with Crippen molar-refractivity contribution in [2.45, 2.75) is 26.3 Å². The maximum atomic E-state index is 12.9. The van der Waals surface area contributed by atoms with Gasteiger partial charge in [0.2, 0.25) is 5.91 Å². The number of amides is 2. The summed E-state index contributed by atoms with van der Waals surface area (Å²) in [6.45, 7) is 6.71. The molecule has 2 N–H and O–H groups in total. The lowest BCUT2D eigenvalue weighted by atomic mass is 10.1. The van der Waals surface area contributed by atoms with Crippen LogP contribution in [0.15, 0.2) is 18.2 Å². The molecule has 2 amide bonds. The summed E-state index contributed by atoms with van der Waals surface area (Å²) in [5.41, 5.74) is 6.46. The van der Waals surface area contributed by atoms with E-state index in [1.165, 1.54) is 13.0 Å². The Bertz CT molecular complexity index is 776. The average Bonchev–Trinajstić information content (AvgIpc) is 3.07. The summed E-state index contributed by atoms with van der Waals surface area (Å²) in [7, 11) is 0. The van der Waals surface area contributed by atoms with Crippen LogP contribution in [0.1, 0.15) is 30.6 Å². The third kappa shape index (κ3) is 3.94. The second kappa shape index (κ2) is 8.14. The standard InChI is InChI=1S/C19H27N5O4/c1-13-9-15(11-20)12-23(13)19(26)16-3-4-17(18(10-16)24(27)28)22-7-5-21(6-8-22)14(2)25/h3-4,10,13,15H,5-9,11-12,20H2,1-2H3. The number of hydrogen-bond acceptors (Lipinski definition) is 6. The summed E-state index contributed by atoms with van der Waals surface area (Å²) in [4.78, 5) is 41.0. The second-order valence-electron chi connectivity index (χ2n) is 7.60. The van der Waals surface area contributed by atoms with Gasteiger partial charge in [0.25, 0.3) is 11.6 Å². The molecule has 2 saturated heterocycles. The van der Waals surface area contributed by atoms with Crippen LogP contribution in [0.5, 0.6) is 0 Å².